The summed E-state index contributed by atoms with van der Waals surface area (Å²) in [5.41, 5.74) is 2.10. The summed E-state index contributed by atoms with van der Waals surface area (Å²) in [4.78, 5) is 20.2. The summed E-state index contributed by atoms with van der Waals surface area (Å²) < 4.78 is 32.5. The Morgan fingerprint density at radius 1 is 1.00 bits per heavy atom. The van der Waals surface area contributed by atoms with Gasteiger partial charge in [-0.2, -0.15) is 0 Å². The van der Waals surface area contributed by atoms with E-state index in [-0.39, 0.29) is 33.0 Å². The summed E-state index contributed by atoms with van der Waals surface area (Å²) >= 11 is 5.21. The van der Waals surface area contributed by atoms with Gasteiger partial charge in [0.05, 0.1) is 12.0 Å². The second kappa shape index (κ2) is 10.1. The van der Waals surface area contributed by atoms with Crippen molar-refractivity contribution >= 4 is 44.8 Å². The number of amides is 1. The smallest absolute Gasteiger partial charge is 0.263 e. The average Bonchev–Trinajstić information content (AvgIpc) is 2.78. The van der Waals surface area contributed by atoms with Gasteiger partial charge in [-0.05, 0) is 59.6 Å². The molecule has 3 N–H and O–H groups in total. The van der Waals surface area contributed by atoms with Crippen LogP contribution >= 0.6 is 12.2 Å². The van der Waals surface area contributed by atoms with Crippen molar-refractivity contribution in [3.8, 4) is 5.88 Å². The Balaban J connectivity index is 1.61. The van der Waals surface area contributed by atoms with Crippen LogP contribution in [0.1, 0.15) is 36.7 Å². The van der Waals surface area contributed by atoms with Crippen LogP contribution in [0.15, 0.2) is 65.8 Å². The maximum absolute atomic E-state index is 12.6. The minimum atomic E-state index is -3.88. The van der Waals surface area contributed by atoms with E-state index in [1.54, 1.807) is 12.1 Å². The maximum Gasteiger partial charge on any atom is 0.263 e. The lowest BCUT2D eigenvalue weighted by molar-refractivity contribution is 0.0977. The highest BCUT2D eigenvalue weighted by Gasteiger charge is 2.17. The van der Waals surface area contributed by atoms with Crippen LogP contribution in [0.5, 0.6) is 5.88 Å². The van der Waals surface area contributed by atoms with E-state index in [1.807, 2.05) is 12.1 Å². The fourth-order valence-electron chi connectivity index (χ4n) is 2.88. The van der Waals surface area contributed by atoms with Crippen molar-refractivity contribution in [1.82, 2.24) is 15.3 Å². The molecule has 34 heavy (non-hydrogen) atoms. The van der Waals surface area contributed by atoms with E-state index >= 15 is 0 Å². The zero-order valence-electron chi connectivity index (χ0n) is 19.1. The summed E-state index contributed by atoms with van der Waals surface area (Å²) in [6, 6.07) is 14.6. The molecular formula is C23H25N5O4S2. The number of benzene rings is 2. The molecular weight excluding hydrogens is 474 g/mol. The number of rotatable bonds is 6. The van der Waals surface area contributed by atoms with Gasteiger partial charge < -0.3 is 10.1 Å². The van der Waals surface area contributed by atoms with E-state index in [0.717, 1.165) is 5.56 Å². The molecule has 3 aromatic rings. The fourth-order valence-corrected chi connectivity index (χ4v) is 4.09. The number of nitrogens with one attached hydrogen (secondary N) is 3. The Morgan fingerprint density at radius 3 is 2.24 bits per heavy atom. The maximum atomic E-state index is 12.6. The first-order chi connectivity index (χ1) is 16.0. The molecule has 1 heterocycles. The van der Waals surface area contributed by atoms with Crippen LogP contribution in [0.2, 0.25) is 0 Å². The van der Waals surface area contributed by atoms with Crippen molar-refractivity contribution in [2.45, 2.75) is 31.1 Å². The highest BCUT2D eigenvalue weighted by Crippen LogP contribution is 2.22. The van der Waals surface area contributed by atoms with Gasteiger partial charge in [-0.25, -0.2) is 18.4 Å². The molecule has 0 aliphatic heterocycles. The average molecular weight is 500 g/mol. The SMILES string of the molecule is COc1cc(NS(=O)(=O)c2ccc(NC(=S)NC(=O)c3ccc(C(C)(C)C)cc3)cc2)ncn1. The van der Waals surface area contributed by atoms with Gasteiger partial charge in [0.1, 0.15) is 12.1 Å². The van der Waals surface area contributed by atoms with Gasteiger partial charge in [0.15, 0.2) is 5.11 Å². The second-order valence-corrected chi connectivity index (χ2v) is 10.4. The number of hydrogen-bond donors (Lipinski definition) is 3. The lowest BCUT2D eigenvalue weighted by atomic mass is 9.87. The molecule has 0 aliphatic carbocycles. The molecule has 178 valence electrons. The quantitative estimate of drug-likeness (QED) is 0.439. The van der Waals surface area contributed by atoms with Crippen molar-refractivity contribution in [2.24, 2.45) is 0 Å². The summed E-state index contributed by atoms with van der Waals surface area (Å²) in [5.74, 6) is -0.0388. The van der Waals surface area contributed by atoms with Gasteiger partial charge in [0.2, 0.25) is 5.88 Å². The molecule has 9 nitrogen and oxygen atoms in total. The number of carbonyl (C=O) groups is 1. The van der Waals surface area contributed by atoms with Crippen molar-refractivity contribution in [2.75, 3.05) is 17.1 Å². The lowest BCUT2D eigenvalue weighted by Gasteiger charge is -2.19. The van der Waals surface area contributed by atoms with Gasteiger partial charge >= 0.3 is 0 Å². The zero-order chi connectivity index (χ0) is 24.9. The van der Waals surface area contributed by atoms with Crippen molar-refractivity contribution in [3.05, 3.63) is 72.1 Å². The lowest BCUT2D eigenvalue weighted by Crippen LogP contribution is -2.34. The summed E-state index contributed by atoms with van der Waals surface area (Å²) in [7, 11) is -2.46. The van der Waals surface area contributed by atoms with Crippen LogP contribution in [0.25, 0.3) is 0 Å². The summed E-state index contributed by atoms with van der Waals surface area (Å²) in [6.07, 6.45) is 1.19. The monoisotopic (exact) mass is 499 g/mol. The molecule has 0 aliphatic rings. The summed E-state index contributed by atoms with van der Waals surface area (Å²) in [5, 5.41) is 5.57. The van der Waals surface area contributed by atoms with E-state index in [0.29, 0.717) is 11.3 Å². The number of hydrogen-bond acceptors (Lipinski definition) is 7. The molecule has 3 rings (SSSR count). The minimum Gasteiger partial charge on any atom is -0.481 e. The minimum absolute atomic E-state index is 0.0112. The molecule has 1 aromatic heterocycles. The third-order valence-corrected chi connectivity index (χ3v) is 6.33. The van der Waals surface area contributed by atoms with Crippen molar-refractivity contribution in [1.29, 1.82) is 0 Å². The Labute approximate surface area is 204 Å². The molecule has 0 saturated heterocycles. The highest BCUT2D eigenvalue weighted by atomic mass is 32.2. The van der Waals surface area contributed by atoms with Gasteiger partial charge in [0, 0.05) is 17.3 Å². The number of thiocarbonyl (C=S) groups is 1. The van der Waals surface area contributed by atoms with E-state index in [1.165, 1.54) is 43.8 Å². The topological polar surface area (TPSA) is 122 Å². The first-order valence-electron chi connectivity index (χ1n) is 10.2. The highest BCUT2D eigenvalue weighted by molar-refractivity contribution is 7.92. The van der Waals surface area contributed by atoms with E-state index < -0.39 is 10.0 Å². The molecule has 1 amide bonds. The Bertz CT molecular complexity index is 1290. The molecule has 0 spiro atoms. The third kappa shape index (κ3) is 6.49. The third-order valence-electron chi connectivity index (χ3n) is 4.75. The molecule has 0 bridgehead atoms. The fraction of sp³-hybridized carbons (Fsp3) is 0.217. The number of nitrogens with zero attached hydrogens (tertiary/aromatic N) is 2. The van der Waals surface area contributed by atoms with E-state index in [2.05, 4.69) is 46.1 Å². The van der Waals surface area contributed by atoms with E-state index in [9.17, 15) is 13.2 Å². The van der Waals surface area contributed by atoms with Gasteiger partial charge in [-0.3, -0.25) is 14.8 Å². The van der Waals surface area contributed by atoms with Crippen molar-refractivity contribution < 1.29 is 17.9 Å². The zero-order valence-corrected chi connectivity index (χ0v) is 20.8. The predicted molar refractivity (Wildman–Crippen MR) is 135 cm³/mol. The second-order valence-electron chi connectivity index (χ2n) is 8.31. The number of carbonyl (C=O) groups excluding carboxylic acids is 1. The first kappa shape index (κ1) is 25.1. The number of aromatic nitrogens is 2. The van der Waals surface area contributed by atoms with Crippen LogP contribution in [-0.2, 0) is 15.4 Å². The number of methoxy groups -OCH3 is 1. The molecule has 0 fully saturated rings. The van der Waals surface area contributed by atoms with E-state index in [4.69, 9.17) is 17.0 Å². The Hall–Kier alpha value is -3.57. The van der Waals surface area contributed by atoms with Gasteiger partial charge in [-0.15, -0.1) is 0 Å². The number of anilines is 2. The Kier molecular flexibility index (Phi) is 7.48. The predicted octanol–water partition coefficient (Wildman–Crippen LogP) is 3.71. The molecule has 0 atom stereocenters. The van der Waals surface area contributed by atoms with Gasteiger partial charge in [-0.1, -0.05) is 32.9 Å². The van der Waals surface area contributed by atoms with Crippen LogP contribution < -0.4 is 20.1 Å². The molecule has 0 radical (unpaired) electrons. The van der Waals surface area contributed by atoms with Crippen molar-refractivity contribution in [3.63, 3.8) is 0 Å². The number of sulfonamides is 1. The summed E-state index contributed by atoms with van der Waals surface area (Å²) in [6.45, 7) is 6.29. The first-order valence-corrected chi connectivity index (χ1v) is 12.1. The standard InChI is InChI=1S/C23H25N5O4S2/c1-23(2,3)16-7-5-15(6-8-16)21(29)27-22(33)26-17-9-11-18(12-10-17)34(30,31)28-19-13-20(32-4)25-14-24-19/h5-14H,1-4H3,(H,24,25,28)(H2,26,27,29,33). The van der Waals surface area contributed by atoms with Crippen LogP contribution in [0, 0.1) is 0 Å². The molecule has 2 aromatic carbocycles. The van der Waals surface area contributed by atoms with Gasteiger partial charge in [0.25, 0.3) is 15.9 Å². The largest absolute Gasteiger partial charge is 0.481 e. The van der Waals surface area contributed by atoms with Crippen LogP contribution in [-0.4, -0.2) is 36.5 Å². The molecule has 0 saturated carbocycles. The van der Waals surface area contributed by atoms with Crippen LogP contribution in [0.4, 0.5) is 11.5 Å². The normalized spacial score (nSPS) is 11.4. The van der Waals surface area contributed by atoms with Crippen LogP contribution in [0.3, 0.4) is 0 Å². The molecule has 0 unspecified atom stereocenters. The number of ether oxygens (including phenoxy) is 1. The molecule has 11 heteroatoms. The Morgan fingerprint density at radius 2 is 1.65 bits per heavy atom.